The molecule has 0 atom stereocenters. The van der Waals surface area contributed by atoms with Crippen LogP contribution in [-0.2, 0) is 9.47 Å². The third kappa shape index (κ3) is 7.81. The highest BCUT2D eigenvalue weighted by atomic mass is 32.1. The van der Waals surface area contributed by atoms with E-state index in [2.05, 4.69) is 12.2 Å². The quantitative estimate of drug-likeness (QED) is 0.470. The van der Waals surface area contributed by atoms with Gasteiger partial charge in [-0.15, -0.1) is 0 Å². The molecule has 1 N–H and O–H groups in total. The molecule has 0 spiro atoms. The SMILES string of the molecule is CC(=S)OCCOCCO. The van der Waals surface area contributed by atoms with Crippen molar-refractivity contribution >= 4 is 17.3 Å². The van der Waals surface area contributed by atoms with Crippen molar-refractivity contribution < 1.29 is 14.6 Å². The molecule has 0 aromatic heterocycles. The first-order valence-electron chi connectivity index (χ1n) is 3.09. The minimum atomic E-state index is 0.0522. The zero-order valence-electron chi connectivity index (χ0n) is 6.00. The van der Waals surface area contributed by atoms with Crippen LogP contribution >= 0.6 is 12.2 Å². The van der Waals surface area contributed by atoms with E-state index in [0.717, 1.165) is 0 Å². The molecule has 0 unspecified atom stereocenters. The van der Waals surface area contributed by atoms with Gasteiger partial charge in [-0.05, 0) is 12.2 Å². The zero-order chi connectivity index (χ0) is 7.82. The van der Waals surface area contributed by atoms with Crippen molar-refractivity contribution in [2.24, 2.45) is 0 Å². The van der Waals surface area contributed by atoms with Crippen molar-refractivity contribution in [1.82, 2.24) is 0 Å². The second kappa shape index (κ2) is 6.92. The Kier molecular flexibility index (Phi) is 6.79. The van der Waals surface area contributed by atoms with Gasteiger partial charge in [-0.1, -0.05) is 0 Å². The molecule has 0 heterocycles. The molecular formula is C6H12O3S. The molecule has 0 saturated carbocycles. The Morgan fingerprint density at radius 3 is 2.60 bits per heavy atom. The lowest BCUT2D eigenvalue weighted by atomic mass is 10.7. The van der Waals surface area contributed by atoms with E-state index in [9.17, 15) is 0 Å². The van der Waals surface area contributed by atoms with Crippen molar-refractivity contribution in [3.05, 3.63) is 0 Å². The van der Waals surface area contributed by atoms with E-state index in [1.54, 1.807) is 6.92 Å². The molecule has 0 aromatic rings. The fourth-order valence-corrected chi connectivity index (χ4v) is 0.494. The molecule has 0 aromatic carbocycles. The van der Waals surface area contributed by atoms with E-state index < -0.39 is 0 Å². The number of aliphatic hydroxyl groups is 1. The molecular weight excluding hydrogens is 152 g/mol. The first-order valence-corrected chi connectivity index (χ1v) is 3.50. The van der Waals surface area contributed by atoms with Crippen LogP contribution in [-0.4, -0.2) is 36.6 Å². The number of aliphatic hydroxyl groups excluding tert-OH is 1. The minimum Gasteiger partial charge on any atom is -0.485 e. The predicted molar refractivity (Wildman–Crippen MR) is 42.1 cm³/mol. The van der Waals surface area contributed by atoms with Crippen LogP contribution in [0.4, 0.5) is 0 Å². The number of hydrogen-bond donors (Lipinski definition) is 1. The van der Waals surface area contributed by atoms with Crippen LogP contribution in [0.15, 0.2) is 0 Å². The highest BCUT2D eigenvalue weighted by Gasteiger charge is 1.88. The van der Waals surface area contributed by atoms with Crippen LogP contribution in [0, 0.1) is 0 Å². The van der Waals surface area contributed by atoms with Crippen LogP contribution in [0.5, 0.6) is 0 Å². The van der Waals surface area contributed by atoms with E-state index in [0.29, 0.717) is 24.9 Å². The normalized spacial score (nSPS) is 9.40. The van der Waals surface area contributed by atoms with E-state index in [1.807, 2.05) is 0 Å². The number of thiocarbonyl (C=S) groups is 1. The monoisotopic (exact) mass is 164 g/mol. The zero-order valence-corrected chi connectivity index (χ0v) is 6.82. The van der Waals surface area contributed by atoms with Crippen molar-refractivity contribution in [1.29, 1.82) is 0 Å². The second-order valence-corrected chi connectivity index (χ2v) is 2.25. The average molecular weight is 164 g/mol. The van der Waals surface area contributed by atoms with Gasteiger partial charge in [0, 0.05) is 6.92 Å². The number of hydrogen-bond acceptors (Lipinski definition) is 4. The van der Waals surface area contributed by atoms with Gasteiger partial charge in [0.25, 0.3) is 0 Å². The smallest absolute Gasteiger partial charge is 0.156 e. The van der Waals surface area contributed by atoms with E-state index in [1.165, 1.54) is 0 Å². The Morgan fingerprint density at radius 1 is 1.40 bits per heavy atom. The van der Waals surface area contributed by atoms with E-state index >= 15 is 0 Å². The van der Waals surface area contributed by atoms with Crippen molar-refractivity contribution in [2.45, 2.75) is 6.92 Å². The average Bonchev–Trinajstić information content (AvgIpc) is 1.87. The maximum absolute atomic E-state index is 8.28. The highest BCUT2D eigenvalue weighted by molar-refractivity contribution is 7.80. The summed E-state index contributed by atoms with van der Waals surface area (Å²) in [5, 5.41) is 8.80. The maximum atomic E-state index is 8.28. The molecule has 10 heavy (non-hydrogen) atoms. The lowest BCUT2D eigenvalue weighted by Crippen LogP contribution is -2.08. The topological polar surface area (TPSA) is 38.7 Å². The van der Waals surface area contributed by atoms with E-state index in [4.69, 9.17) is 14.6 Å². The number of ether oxygens (including phenoxy) is 2. The summed E-state index contributed by atoms with van der Waals surface area (Å²) in [5.41, 5.74) is 0. The first kappa shape index (κ1) is 9.81. The Hall–Kier alpha value is -0.190. The summed E-state index contributed by atoms with van der Waals surface area (Å²) in [5.74, 6) is 0. The van der Waals surface area contributed by atoms with Crippen LogP contribution in [0.25, 0.3) is 0 Å². The Balaban J connectivity index is 2.84. The van der Waals surface area contributed by atoms with E-state index in [-0.39, 0.29) is 6.61 Å². The molecule has 0 amide bonds. The molecule has 0 saturated heterocycles. The van der Waals surface area contributed by atoms with Gasteiger partial charge in [0.2, 0.25) is 0 Å². The van der Waals surface area contributed by atoms with Crippen LogP contribution in [0.3, 0.4) is 0 Å². The molecule has 0 aliphatic heterocycles. The Labute approximate surface area is 65.9 Å². The Bertz CT molecular complexity index is 95.0. The molecule has 3 nitrogen and oxygen atoms in total. The second-order valence-electron chi connectivity index (χ2n) is 1.68. The minimum absolute atomic E-state index is 0.0522. The van der Waals surface area contributed by atoms with Gasteiger partial charge < -0.3 is 14.6 Å². The van der Waals surface area contributed by atoms with Crippen LogP contribution in [0.1, 0.15) is 6.92 Å². The van der Waals surface area contributed by atoms with Gasteiger partial charge in [-0.3, -0.25) is 0 Å². The van der Waals surface area contributed by atoms with Gasteiger partial charge in [0.05, 0.1) is 19.8 Å². The molecule has 0 aliphatic rings. The van der Waals surface area contributed by atoms with Gasteiger partial charge in [-0.2, -0.15) is 0 Å². The van der Waals surface area contributed by atoms with Crippen molar-refractivity contribution in [3.8, 4) is 0 Å². The molecule has 60 valence electrons. The lowest BCUT2D eigenvalue weighted by molar-refractivity contribution is 0.0686. The van der Waals surface area contributed by atoms with Gasteiger partial charge in [0.1, 0.15) is 6.61 Å². The summed E-state index contributed by atoms with van der Waals surface area (Å²) in [7, 11) is 0. The third-order valence-corrected chi connectivity index (χ3v) is 0.886. The van der Waals surface area contributed by atoms with Gasteiger partial charge in [-0.25, -0.2) is 0 Å². The first-order chi connectivity index (χ1) is 4.77. The molecule has 0 fully saturated rings. The summed E-state index contributed by atoms with van der Waals surface area (Å²) in [6.45, 7) is 3.07. The molecule has 0 aliphatic carbocycles. The standard InChI is InChI=1S/C6H12O3S/c1-6(10)9-5-4-8-3-2-7/h7H,2-5H2,1H3. The molecule has 0 rings (SSSR count). The van der Waals surface area contributed by atoms with Crippen LogP contribution in [0.2, 0.25) is 0 Å². The predicted octanol–water partition coefficient (Wildman–Crippen LogP) is 0.359. The summed E-state index contributed by atoms with van der Waals surface area (Å²) in [4.78, 5) is 0. The van der Waals surface area contributed by atoms with Gasteiger partial charge >= 0.3 is 0 Å². The summed E-state index contributed by atoms with van der Waals surface area (Å²) in [6, 6.07) is 0. The molecule has 0 radical (unpaired) electrons. The summed E-state index contributed by atoms with van der Waals surface area (Å²) < 4.78 is 9.81. The van der Waals surface area contributed by atoms with Crippen molar-refractivity contribution in [2.75, 3.05) is 26.4 Å². The summed E-state index contributed by atoms with van der Waals surface area (Å²) >= 11 is 4.65. The lowest BCUT2D eigenvalue weighted by Gasteiger charge is -2.02. The van der Waals surface area contributed by atoms with Gasteiger partial charge in [0.15, 0.2) is 5.05 Å². The molecule has 0 bridgehead atoms. The number of rotatable bonds is 5. The third-order valence-electron chi connectivity index (χ3n) is 0.769. The fourth-order valence-electron chi connectivity index (χ4n) is 0.411. The molecule has 4 heteroatoms. The Morgan fingerprint density at radius 2 is 2.10 bits per heavy atom. The summed E-state index contributed by atoms with van der Waals surface area (Å²) in [6.07, 6.45) is 0. The maximum Gasteiger partial charge on any atom is 0.156 e. The highest BCUT2D eigenvalue weighted by Crippen LogP contribution is 1.80. The fraction of sp³-hybridized carbons (Fsp3) is 0.833. The van der Waals surface area contributed by atoms with Crippen molar-refractivity contribution in [3.63, 3.8) is 0 Å². The van der Waals surface area contributed by atoms with Crippen LogP contribution < -0.4 is 0 Å². The largest absolute Gasteiger partial charge is 0.485 e.